The van der Waals surface area contributed by atoms with E-state index in [1.807, 2.05) is 24.3 Å². The minimum atomic E-state index is -0.636. The summed E-state index contributed by atoms with van der Waals surface area (Å²) in [5, 5.41) is 16.1. The predicted octanol–water partition coefficient (Wildman–Crippen LogP) is 3.67. The SMILES string of the molecule is CN=C(NCc1ccc(Cl)cc1)NCc1ccc(O)c(F)c1.I. The van der Waals surface area contributed by atoms with Crippen molar-refractivity contribution in [3.8, 4) is 5.75 Å². The van der Waals surface area contributed by atoms with Crippen LogP contribution in [0.4, 0.5) is 4.39 Å². The van der Waals surface area contributed by atoms with Gasteiger partial charge in [0.05, 0.1) is 0 Å². The van der Waals surface area contributed by atoms with Gasteiger partial charge in [0.15, 0.2) is 17.5 Å². The van der Waals surface area contributed by atoms with E-state index >= 15 is 0 Å². The maximum Gasteiger partial charge on any atom is 0.191 e. The first-order chi connectivity index (χ1) is 10.6. The smallest absolute Gasteiger partial charge is 0.191 e. The number of halogens is 3. The topological polar surface area (TPSA) is 56.7 Å². The first-order valence-electron chi connectivity index (χ1n) is 6.75. The van der Waals surface area contributed by atoms with Crippen molar-refractivity contribution in [2.75, 3.05) is 7.05 Å². The highest BCUT2D eigenvalue weighted by Gasteiger charge is 2.03. The van der Waals surface area contributed by atoms with Crippen molar-refractivity contribution in [1.82, 2.24) is 10.6 Å². The lowest BCUT2D eigenvalue weighted by Gasteiger charge is -2.12. The van der Waals surface area contributed by atoms with Crippen LogP contribution in [0.5, 0.6) is 5.75 Å². The highest BCUT2D eigenvalue weighted by atomic mass is 127. The molecule has 3 N–H and O–H groups in total. The van der Waals surface area contributed by atoms with Crippen LogP contribution in [-0.4, -0.2) is 18.1 Å². The number of guanidine groups is 1. The second kappa shape index (κ2) is 9.57. The molecule has 23 heavy (non-hydrogen) atoms. The van der Waals surface area contributed by atoms with Crippen molar-refractivity contribution in [2.24, 2.45) is 4.99 Å². The average Bonchev–Trinajstić information content (AvgIpc) is 2.52. The molecule has 0 spiro atoms. The first-order valence-corrected chi connectivity index (χ1v) is 7.12. The van der Waals surface area contributed by atoms with Crippen molar-refractivity contribution < 1.29 is 9.50 Å². The Hall–Kier alpha value is -1.54. The summed E-state index contributed by atoms with van der Waals surface area (Å²) in [7, 11) is 1.66. The highest BCUT2D eigenvalue weighted by molar-refractivity contribution is 14.0. The number of benzene rings is 2. The molecule has 0 saturated carbocycles. The zero-order valence-corrected chi connectivity index (χ0v) is 15.6. The number of aliphatic imine (C=N–C) groups is 1. The molecule has 0 heterocycles. The van der Waals surface area contributed by atoms with Crippen LogP contribution in [0.2, 0.25) is 5.02 Å². The van der Waals surface area contributed by atoms with Gasteiger partial charge in [0, 0.05) is 25.2 Å². The van der Waals surface area contributed by atoms with E-state index in [1.165, 1.54) is 12.1 Å². The molecular weight excluding hydrogens is 432 g/mol. The molecule has 0 radical (unpaired) electrons. The molecule has 0 amide bonds. The maximum atomic E-state index is 13.3. The summed E-state index contributed by atoms with van der Waals surface area (Å²) < 4.78 is 13.3. The Morgan fingerprint density at radius 1 is 1.09 bits per heavy atom. The Kier molecular flexibility index (Phi) is 8.11. The quantitative estimate of drug-likeness (QED) is 0.379. The molecule has 0 aliphatic rings. The fourth-order valence-electron chi connectivity index (χ4n) is 1.85. The zero-order chi connectivity index (χ0) is 15.9. The molecule has 2 rings (SSSR count). The van der Waals surface area contributed by atoms with Gasteiger partial charge in [0.2, 0.25) is 0 Å². The zero-order valence-electron chi connectivity index (χ0n) is 12.5. The molecule has 124 valence electrons. The standard InChI is InChI=1S/C16H17ClFN3O.HI/c1-19-16(20-9-11-2-5-13(17)6-3-11)21-10-12-4-7-15(22)14(18)8-12;/h2-8,22H,9-10H2,1H3,(H2,19,20,21);1H. The van der Waals surface area contributed by atoms with Crippen LogP contribution < -0.4 is 10.6 Å². The van der Waals surface area contributed by atoms with Gasteiger partial charge in [-0.2, -0.15) is 0 Å². The summed E-state index contributed by atoms with van der Waals surface area (Å²) in [5.41, 5.74) is 1.78. The van der Waals surface area contributed by atoms with E-state index in [4.69, 9.17) is 16.7 Å². The van der Waals surface area contributed by atoms with E-state index in [1.54, 1.807) is 13.1 Å². The second-order valence-electron chi connectivity index (χ2n) is 4.69. The van der Waals surface area contributed by atoms with E-state index in [2.05, 4.69) is 15.6 Å². The van der Waals surface area contributed by atoms with Crippen LogP contribution in [0.3, 0.4) is 0 Å². The van der Waals surface area contributed by atoms with E-state index in [0.717, 1.165) is 5.56 Å². The van der Waals surface area contributed by atoms with Crippen LogP contribution in [0, 0.1) is 5.82 Å². The minimum absolute atomic E-state index is 0. The summed E-state index contributed by atoms with van der Waals surface area (Å²) in [5.74, 6) is -0.388. The Bertz CT molecular complexity index is 665. The van der Waals surface area contributed by atoms with Crippen molar-refractivity contribution in [1.29, 1.82) is 0 Å². The molecule has 0 aromatic heterocycles. The molecule has 0 aliphatic heterocycles. The minimum Gasteiger partial charge on any atom is -0.505 e. The molecule has 0 fully saturated rings. The van der Waals surface area contributed by atoms with Gasteiger partial charge < -0.3 is 15.7 Å². The number of hydrogen-bond acceptors (Lipinski definition) is 2. The first kappa shape index (κ1) is 19.5. The van der Waals surface area contributed by atoms with Gasteiger partial charge in [-0.15, -0.1) is 24.0 Å². The molecule has 7 heteroatoms. The summed E-state index contributed by atoms with van der Waals surface area (Å²) in [6.07, 6.45) is 0. The Morgan fingerprint density at radius 3 is 2.22 bits per heavy atom. The van der Waals surface area contributed by atoms with Gasteiger partial charge in [-0.05, 0) is 35.4 Å². The van der Waals surface area contributed by atoms with E-state index < -0.39 is 5.82 Å². The Labute approximate surface area is 156 Å². The molecule has 0 saturated heterocycles. The summed E-state index contributed by atoms with van der Waals surface area (Å²) in [6, 6.07) is 11.8. The highest BCUT2D eigenvalue weighted by Crippen LogP contribution is 2.15. The lowest BCUT2D eigenvalue weighted by Crippen LogP contribution is -2.36. The van der Waals surface area contributed by atoms with Crippen LogP contribution in [-0.2, 0) is 13.1 Å². The van der Waals surface area contributed by atoms with Gasteiger partial charge in [-0.3, -0.25) is 4.99 Å². The van der Waals surface area contributed by atoms with Gasteiger partial charge in [-0.1, -0.05) is 29.8 Å². The second-order valence-corrected chi connectivity index (χ2v) is 5.13. The summed E-state index contributed by atoms with van der Waals surface area (Å²) >= 11 is 5.84. The number of phenols is 1. The number of aromatic hydroxyl groups is 1. The predicted molar refractivity (Wildman–Crippen MR) is 102 cm³/mol. The van der Waals surface area contributed by atoms with Gasteiger partial charge >= 0.3 is 0 Å². The number of phenolic OH excluding ortho intramolecular Hbond substituents is 1. The number of nitrogens with zero attached hydrogens (tertiary/aromatic N) is 1. The maximum absolute atomic E-state index is 13.3. The van der Waals surface area contributed by atoms with Crippen LogP contribution in [0.15, 0.2) is 47.5 Å². The van der Waals surface area contributed by atoms with Crippen LogP contribution in [0.25, 0.3) is 0 Å². The van der Waals surface area contributed by atoms with E-state index in [-0.39, 0.29) is 29.7 Å². The van der Waals surface area contributed by atoms with E-state index in [9.17, 15) is 4.39 Å². The molecule has 0 atom stereocenters. The Morgan fingerprint density at radius 2 is 1.65 bits per heavy atom. The van der Waals surface area contributed by atoms with Crippen molar-refractivity contribution in [2.45, 2.75) is 13.1 Å². The molecular formula is C16H18ClFIN3O. The van der Waals surface area contributed by atoms with E-state index in [0.29, 0.717) is 29.6 Å². The third-order valence-corrected chi connectivity index (χ3v) is 3.32. The van der Waals surface area contributed by atoms with Crippen LogP contribution >= 0.6 is 35.6 Å². The molecule has 2 aromatic rings. The normalized spacial score (nSPS) is 10.8. The molecule has 4 nitrogen and oxygen atoms in total. The molecule has 0 aliphatic carbocycles. The van der Waals surface area contributed by atoms with Gasteiger partial charge in [0.1, 0.15) is 0 Å². The van der Waals surface area contributed by atoms with Gasteiger partial charge in [0.25, 0.3) is 0 Å². The number of hydrogen-bond donors (Lipinski definition) is 3. The van der Waals surface area contributed by atoms with Crippen molar-refractivity contribution in [3.05, 3.63) is 64.4 Å². The molecule has 2 aromatic carbocycles. The van der Waals surface area contributed by atoms with Gasteiger partial charge in [-0.25, -0.2) is 4.39 Å². The Balaban J connectivity index is 0.00000264. The monoisotopic (exact) mass is 449 g/mol. The van der Waals surface area contributed by atoms with Crippen molar-refractivity contribution >= 4 is 41.5 Å². The summed E-state index contributed by atoms with van der Waals surface area (Å²) in [6.45, 7) is 0.998. The largest absolute Gasteiger partial charge is 0.505 e. The number of rotatable bonds is 4. The fourth-order valence-corrected chi connectivity index (χ4v) is 1.98. The number of nitrogens with one attached hydrogen (secondary N) is 2. The van der Waals surface area contributed by atoms with Crippen LogP contribution in [0.1, 0.15) is 11.1 Å². The summed E-state index contributed by atoms with van der Waals surface area (Å²) in [4.78, 5) is 4.10. The average molecular weight is 450 g/mol. The lowest BCUT2D eigenvalue weighted by molar-refractivity contribution is 0.431. The molecule has 0 unspecified atom stereocenters. The third-order valence-electron chi connectivity index (χ3n) is 3.07. The lowest BCUT2D eigenvalue weighted by atomic mass is 10.2. The molecule has 0 bridgehead atoms. The van der Waals surface area contributed by atoms with Crippen molar-refractivity contribution in [3.63, 3.8) is 0 Å². The fraction of sp³-hybridized carbons (Fsp3) is 0.188. The third kappa shape index (κ3) is 6.23.